The normalized spacial score (nSPS) is 11.3. The topological polar surface area (TPSA) is 69.2 Å². The highest BCUT2D eigenvalue weighted by Crippen LogP contribution is 2.28. The van der Waals surface area contributed by atoms with Crippen LogP contribution in [0, 0.1) is 0 Å². The van der Waals surface area contributed by atoms with Crippen LogP contribution < -0.4 is 4.18 Å². The number of aromatic nitrogens is 2. The fourth-order valence-electron chi connectivity index (χ4n) is 1.15. The van der Waals surface area contributed by atoms with E-state index in [0.717, 1.165) is 23.5 Å². The van der Waals surface area contributed by atoms with Gasteiger partial charge in [-0.05, 0) is 0 Å². The second-order valence-corrected chi connectivity index (χ2v) is 5.17. The van der Waals surface area contributed by atoms with Crippen LogP contribution in [-0.2, 0) is 10.1 Å². The minimum atomic E-state index is -3.57. The molecule has 1 aromatic heterocycles. The molecule has 16 heavy (non-hydrogen) atoms. The minimum Gasteiger partial charge on any atom is -0.358 e. The van der Waals surface area contributed by atoms with Gasteiger partial charge in [0.15, 0.2) is 0 Å². The van der Waals surface area contributed by atoms with Crippen molar-refractivity contribution in [3.8, 4) is 17.1 Å². The summed E-state index contributed by atoms with van der Waals surface area (Å²) in [5, 5.41) is 0. The molecule has 0 saturated heterocycles. The lowest BCUT2D eigenvalue weighted by molar-refractivity contribution is 0.486. The van der Waals surface area contributed by atoms with Gasteiger partial charge in [-0.1, -0.05) is 30.3 Å². The molecule has 84 valence electrons. The number of hydrogen-bond acceptors (Lipinski definition) is 6. The molecule has 0 aliphatic rings. The van der Waals surface area contributed by atoms with Crippen molar-refractivity contribution < 1.29 is 12.6 Å². The lowest BCUT2D eigenvalue weighted by Gasteiger charge is -2.00. The first-order valence-electron chi connectivity index (χ1n) is 4.34. The Labute approximate surface area is 97.2 Å². The van der Waals surface area contributed by atoms with E-state index in [-0.39, 0.29) is 5.88 Å². The lowest BCUT2D eigenvalue weighted by atomic mass is 10.2. The van der Waals surface area contributed by atoms with Gasteiger partial charge in [-0.2, -0.15) is 12.8 Å². The first-order valence-corrected chi connectivity index (χ1v) is 6.88. The zero-order chi connectivity index (χ0) is 11.6. The highest BCUT2D eigenvalue weighted by Gasteiger charge is 2.15. The summed E-state index contributed by atoms with van der Waals surface area (Å²) in [5.41, 5.74) is 1.21. The molecule has 0 saturated carbocycles. The molecular weight excluding hydrogens is 248 g/mol. The van der Waals surface area contributed by atoms with Gasteiger partial charge in [-0.25, -0.2) is 0 Å². The van der Waals surface area contributed by atoms with E-state index in [4.69, 9.17) is 4.18 Å². The molecule has 7 heteroatoms. The number of hydrogen-bond donors (Lipinski definition) is 0. The monoisotopic (exact) mass is 256 g/mol. The van der Waals surface area contributed by atoms with E-state index in [0.29, 0.717) is 5.69 Å². The second kappa shape index (κ2) is 4.18. The van der Waals surface area contributed by atoms with Crippen LogP contribution in [0.1, 0.15) is 0 Å². The van der Waals surface area contributed by atoms with Gasteiger partial charge in [-0.3, -0.25) is 0 Å². The Kier molecular flexibility index (Phi) is 2.88. The van der Waals surface area contributed by atoms with Crippen LogP contribution in [0.3, 0.4) is 0 Å². The molecule has 0 N–H and O–H groups in total. The van der Waals surface area contributed by atoms with Crippen molar-refractivity contribution in [2.75, 3.05) is 6.26 Å². The summed E-state index contributed by atoms with van der Waals surface area (Å²) in [4.78, 5) is 0. The van der Waals surface area contributed by atoms with Gasteiger partial charge in [0.1, 0.15) is 5.69 Å². The Balaban J connectivity index is 2.41. The van der Waals surface area contributed by atoms with Gasteiger partial charge in [0.25, 0.3) is 5.88 Å². The molecule has 0 aliphatic heterocycles. The Morgan fingerprint density at radius 1 is 1.19 bits per heavy atom. The average Bonchev–Trinajstić information content (AvgIpc) is 2.64. The standard InChI is InChI=1S/C9H8N2O3S2/c1-16(12,13)14-9-8(10-15-11-9)7-5-3-2-4-6-7/h2-6H,1H3. The largest absolute Gasteiger partial charge is 0.358 e. The van der Waals surface area contributed by atoms with Crippen molar-refractivity contribution in [1.82, 2.24) is 8.75 Å². The van der Waals surface area contributed by atoms with E-state index in [1.54, 1.807) is 0 Å². The molecular formula is C9H8N2O3S2. The quantitative estimate of drug-likeness (QED) is 0.779. The molecule has 2 rings (SSSR count). The molecule has 2 aromatic rings. The smallest absolute Gasteiger partial charge is 0.307 e. The van der Waals surface area contributed by atoms with Crippen molar-refractivity contribution in [3.63, 3.8) is 0 Å². The lowest BCUT2D eigenvalue weighted by Crippen LogP contribution is -2.06. The summed E-state index contributed by atoms with van der Waals surface area (Å²) < 4.78 is 34.5. The van der Waals surface area contributed by atoms with Gasteiger partial charge in [0.2, 0.25) is 0 Å². The molecule has 1 heterocycles. The highest BCUT2D eigenvalue weighted by atomic mass is 32.2. The molecule has 0 fully saturated rings. The summed E-state index contributed by atoms with van der Waals surface area (Å²) in [6.07, 6.45) is 0.973. The third kappa shape index (κ3) is 2.56. The zero-order valence-corrected chi connectivity index (χ0v) is 9.96. The van der Waals surface area contributed by atoms with Crippen molar-refractivity contribution in [3.05, 3.63) is 30.3 Å². The fourth-order valence-corrected chi connectivity index (χ4v) is 2.10. The Hall–Kier alpha value is -1.47. The summed E-state index contributed by atoms with van der Waals surface area (Å²) in [6.45, 7) is 0. The molecule has 0 amide bonds. The van der Waals surface area contributed by atoms with E-state index < -0.39 is 10.1 Å². The first kappa shape index (κ1) is 11.0. The van der Waals surface area contributed by atoms with Crippen LogP contribution in [0.2, 0.25) is 0 Å². The van der Waals surface area contributed by atoms with Gasteiger partial charge < -0.3 is 4.18 Å². The van der Waals surface area contributed by atoms with Gasteiger partial charge >= 0.3 is 10.1 Å². The van der Waals surface area contributed by atoms with Gasteiger partial charge in [0, 0.05) is 5.56 Å². The maximum Gasteiger partial charge on any atom is 0.307 e. The van der Waals surface area contributed by atoms with E-state index in [9.17, 15) is 8.42 Å². The predicted octanol–water partition coefficient (Wildman–Crippen LogP) is 1.54. The van der Waals surface area contributed by atoms with Crippen LogP contribution in [-0.4, -0.2) is 23.4 Å². The summed E-state index contributed by atoms with van der Waals surface area (Å²) in [7, 11) is -3.57. The van der Waals surface area contributed by atoms with Crippen molar-refractivity contribution in [2.24, 2.45) is 0 Å². The van der Waals surface area contributed by atoms with E-state index in [1.165, 1.54) is 0 Å². The van der Waals surface area contributed by atoms with E-state index in [1.807, 2.05) is 30.3 Å². The zero-order valence-electron chi connectivity index (χ0n) is 8.32. The first-order chi connectivity index (χ1) is 7.56. The average molecular weight is 256 g/mol. The number of rotatable bonds is 3. The molecule has 1 aromatic carbocycles. The second-order valence-electron chi connectivity index (χ2n) is 3.07. The van der Waals surface area contributed by atoms with Crippen LogP contribution in [0.25, 0.3) is 11.3 Å². The molecule has 0 unspecified atom stereocenters. The Morgan fingerprint density at radius 2 is 1.88 bits per heavy atom. The summed E-state index contributed by atoms with van der Waals surface area (Å²) >= 11 is 0.912. The molecule has 0 bridgehead atoms. The molecule has 5 nitrogen and oxygen atoms in total. The highest BCUT2D eigenvalue weighted by molar-refractivity contribution is 7.86. The number of nitrogens with zero attached hydrogens (tertiary/aromatic N) is 2. The van der Waals surface area contributed by atoms with Crippen molar-refractivity contribution in [2.45, 2.75) is 0 Å². The maximum absolute atomic E-state index is 11.0. The third-order valence-electron chi connectivity index (χ3n) is 1.74. The molecule has 0 radical (unpaired) electrons. The molecule has 0 aliphatic carbocycles. The van der Waals surface area contributed by atoms with Crippen LogP contribution in [0.4, 0.5) is 0 Å². The summed E-state index contributed by atoms with van der Waals surface area (Å²) in [6, 6.07) is 9.15. The molecule has 0 atom stereocenters. The van der Waals surface area contributed by atoms with Gasteiger partial charge in [0.05, 0.1) is 18.0 Å². The maximum atomic E-state index is 11.0. The summed E-state index contributed by atoms with van der Waals surface area (Å²) in [5.74, 6) is 0.0266. The van der Waals surface area contributed by atoms with E-state index in [2.05, 4.69) is 8.75 Å². The third-order valence-corrected chi connectivity index (χ3v) is 2.71. The van der Waals surface area contributed by atoms with E-state index >= 15 is 0 Å². The van der Waals surface area contributed by atoms with Gasteiger partial charge in [-0.15, -0.1) is 4.37 Å². The van der Waals surface area contributed by atoms with Crippen LogP contribution in [0.5, 0.6) is 5.88 Å². The predicted molar refractivity (Wildman–Crippen MR) is 60.8 cm³/mol. The SMILES string of the molecule is CS(=O)(=O)Oc1nsnc1-c1ccccc1. The van der Waals surface area contributed by atoms with Crippen LogP contribution in [0.15, 0.2) is 30.3 Å². The van der Waals surface area contributed by atoms with Crippen molar-refractivity contribution in [1.29, 1.82) is 0 Å². The van der Waals surface area contributed by atoms with Crippen LogP contribution >= 0.6 is 11.7 Å². The fraction of sp³-hybridized carbons (Fsp3) is 0.111. The minimum absolute atomic E-state index is 0.0266. The van der Waals surface area contributed by atoms with Crippen molar-refractivity contribution >= 4 is 21.8 Å². The number of benzene rings is 1. The Bertz CT molecular complexity index is 578. The molecule has 0 spiro atoms. The Morgan fingerprint density at radius 3 is 2.50 bits per heavy atom.